The maximum absolute atomic E-state index is 14.5. The first-order chi connectivity index (χ1) is 19.4. The van der Waals surface area contributed by atoms with Gasteiger partial charge in [-0.1, -0.05) is 6.07 Å². The van der Waals surface area contributed by atoms with Crippen molar-refractivity contribution in [1.82, 2.24) is 15.2 Å². The van der Waals surface area contributed by atoms with E-state index < -0.39 is 57.4 Å². The number of phenols is 1. The zero-order chi connectivity index (χ0) is 29.9. The first-order valence-corrected chi connectivity index (χ1v) is 13.4. The summed E-state index contributed by atoms with van der Waals surface area (Å²) in [4.78, 5) is 46.2. The first kappa shape index (κ1) is 28.5. The van der Waals surface area contributed by atoms with Gasteiger partial charge in [0, 0.05) is 42.4 Å². The average Bonchev–Trinajstić information content (AvgIpc) is 2.91. The fraction of sp³-hybridized carbons (Fsp3) is 0.400. The third-order valence-electron chi connectivity index (χ3n) is 8.69. The number of hydrogen-bond acceptors (Lipinski definition) is 11. The smallest absolute Gasteiger partial charge is 0.202 e. The summed E-state index contributed by atoms with van der Waals surface area (Å²) in [5.41, 5.74) is -2.50. The molecule has 11 heteroatoms. The Morgan fingerprint density at radius 1 is 1.17 bits per heavy atom. The molecule has 3 aliphatic carbocycles. The molecule has 1 saturated carbocycles. The molecule has 41 heavy (non-hydrogen) atoms. The molecule has 1 aromatic heterocycles. The summed E-state index contributed by atoms with van der Waals surface area (Å²) in [6.07, 6.45) is 3.39. The first-order valence-electron chi connectivity index (χ1n) is 13.4. The highest BCUT2D eigenvalue weighted by molar-refractivity contribution is 6.25. The van der Waals surface area contributed by atoms with Crippen LogP contribution in [-0.4, -0.2) is 87.0 Å². The zero-order valence-corrected chi connectivity index (χ0v) is 23.4. The van der Waals surface area contributed by atoms with Crippen LogP contribution in [-0.2, 0) is 27.3 Å². The van der Waals surface area contributed by atoms with Crippen molar-refractivity contribution < 1.29 is 34.8 Å². The summed E-state index contributed by atoms with van der Waals surface area (Å²) in [5, 5.41) is 52.2. The van der Waals surface area contributed by atoms with E-state index in [0.717, 1.165) is 12.5 Å². The predicted octanol–water partition coefficient (Wildman–Crippen LogP) is 1.66. The van der Waals surface area contributed by atoms with Crippen molar-refractivity contribution in [2.24, 2.45) is 11.3 Å². The van der Waals surface area contributed by atoms with Crippen molar-refractivity contribution >= 4 is 28.8 Å². The van der Waals surface area contributed by atoms with E-state index >= 15 is 0 Å². The highest BCUT2D eigenvalue weighted by Crippen LogP contribution is 2.58. The van der Waals surface area contributed by atoms with Crippen molar-refractivity contribution in [1.29, 1.82) is 0 Å². The summed E-state index contributed by atoms with van der Waals surface area (Å²) in [7, 11) is 4.98. The third kappa shape index (κ3) is 4.14. The number of carbonyl (C=O) groups excluding carboxylic acids is 3. The molecule has 0 bridgehead atoms. The fourth-order valence-corrected chi connectivity index (χ4v) is 6.91. The molecule has 0 amide bonds. The molecule has 216 valence electrons. The molecule has 0 spiro atoms. The van der Waals surface area contributed by atoms with Gasteiger partial charge in [0.2, 0.25) is 5.78 Å². The van der Waals surface area contributed by atoms with Crippen LogP contribution in [0.5, 0.6) is 5.75 Å². The van der Waals surface area contributed by atoms with Crippen LogP contribution < -0.4 is 10.6 Å². The fourth-order valence-electron chi connectivity index (χ4n) is 6.91. The lowest BCUT2D eigenvalue weighted by Gasteiger charge is -2.55. The minimum Gasteiger partial charge on any atom is -0.508 e. The second-order valence-corrected chi connectivity index (χ2v) is 11.4. The number of fused-ring (bicyclic) bond motifs is 3. The van der Waals surface area contributed by atoms with Crippen LogP contribution in [0.25, 0.3) is 5.76 Å². The summed E-state index contributed by atoms with van der Waals surface area (Å²) in [6, 6.07) is 5.60. The number of carbonyl (C=O) groups is 3. The molecule has 0 unspecified atom stereocenters. The number of likely N-dealkylation sites (N-methyl/N-ethyl adjacent to an activating group) is 1. The normalized spacial score (nSPS) is 27.5. The Labute approximate surface area is 237 Å². The number of aromatic hydroxyl groups is 1. The highest BCUT2D eigenvalue weighted by atomic mass is 16.3. The van der Waals surface area contributed by atoms with Gasteiger partial charge in [-0.2, -0.15) is 0 Å². The lowest BCUT2D eigenvalue weighted by molar-refractivity contribution is -0.156. The topological polar surface area (TPSA) is 172 Å². The van der Waals surface area contributed by atoms with Crippen LogP contribution in [0.3, 0.4) is 0 Å². The third-order valence-corrected chi connectivity index (χ3v) is 8.69. The van der Waals surface area contributed by atoms with E-state index in [9.17, 15) is 34.8 Å². The maximum atomic E-state index is 14.5. The average molecular weight is 563 g/mol. The molecule has 6 N–H and O–H groups in total. The molecule has 1 heterocycles. The summed E-state index contributed by atoms with van der Waals surface area (Å²) >= 11 is 0. The standard InChI is InChI=1S/C30H34N4O7/c1-15(35)21-26(38)24(34(3)4)19-11-29(14-33-17-6-5-9-32-13-17)10-18-16(12-31-2)7-8-20(36)22(18)25(37)23(29)28(40)30(19,41)27(21)39/h5-9,13,19,24,31,33,36-37,39,41H,10-12,14H2,1-4H3/t19-,24-,29-,30+/m0/s1. The number of Topliss-reactive ketones (excluding diaryl/α,β-unsaturated/α-hetero) is 3. The number of ketones is 3. The molecule has 1 aromatic carbocycles. The van der Waals surface area contributed by atoms with Gasteiger partial charge in [0.1, 0.15) is 22.8 Å². The molecular weight excluding hydrogens is 528 g/mol. The number of pyridine rings is 1. The molecule has 1 fully saturated rings. The van der Waals surface area contributed by atoms with Crippen LogP contribution in [0.4, 0.5) is 5.69 Å². The Bertz CT molecular complexity index is 1520. The van der Waals surface area contributed by atoms with Gasteiger partial charge in [-0.15, -0.1) is 0 Å². The summed E-state index contributed by atoms with van der Waals surface area (Å²) in [6.45, 7) is 1.61. The van der Waals surface area contributed by atoms with Gasteiger partial charge < -0.3 is 31.1 Å². The van der Waals surface area contributed by atoms with Crippen molar-refractivity contribution in [3.8, 4) is 5.75 Å². The van der Waals surface area contributed by atoms with E-state index in [1.807, 2.05) is 0 Å². The monoisotopic (exact) mass is 562 g/mol. The van der Waals surface area contributed by atoms with E-state index in [0.29, 0.717) is 17.8 Å². The van der Waals surface area contributed by atoms with Crippen LogP contribution in [0.2, 0.25) is 0 Å². The van der Waals surface area contributed by atoms with E-state index in [2.05, 4.69) is 15.6 Å². The molecule has 4 atom stereocenters. The minimum absolute atomic E-state index is 0.0141. The number of aromatic nitrogens is 1. The van der Waals surface area contributed by atoms with Gasteiger partial charge in [-0.3, -0.25) is 24.3 Å². The van der Waals surface area contributed by atoms with E-state index in [-0.39, 0.29) is 36.3 Å². The lowest BCUT2D eigenvalue weighted by atomic mass is 9.51. The van der Waals surface area contributed by atoms with Gasteiger partial charge in [0.05, 0.1) is 17.3 Å². The van der Waals surface area contributed by atoms with Gasteiger partial charge in [0.15, 0.2) is 17.2 Å². The largest absolute Gasteiger partial charge is 0.508 e. The van der Waals surface area contributed by atoms with Crippen LogP contribution in [0.15, 0.2) is 53.6 Å². The van der Waals surface area contributed by atoms with Gasteiger partial charge in [-0.05, 0) is 70.2 Å². The van der Waals surface area contributed by atoms with Gasteiger partial charge in [-0.25, -0.2) is 0 Å². The Kier molecular flexibility index (Phi) is 7.01. The van der Waals surface area contributed by atoms with E-state index in [1.165, 1.54) is 11.0 Å². The Morgan fingerprint density at radius 2 is 1.90 bits per heavy atom. The maximum Gasteiger partial charge on any atom is 0.202 e. The van der Waals surface area contributed by atoms with Gasteiger partial charge >= 0.3 is 0 Å². The number of rotatable bonds is 7. The molecule has 3 aliphatic rings. The van der Waals surface area contributed by atoms with Crippen LogP contribution in [0, 0.1) is 11.3 Å². The predicted molar refractivity (Wildman–Crippen MR) is 150 cm³/mol. The number of aliphatic hydroxyl groups excluding tert-OH is 2. The molecular formula is C30H34N4O7. The van der Waals surface area contributed by atoms with Crippen molar-refractivity contribution in [3.05, 3.63) is 70.3 Å². The Balaban J connectivity index is 1.79. The summed E-state index contributed by atoms with van der Waals surface area (Å²) in [5.74, 6) is -5.39. The Morgan fingerprint density at radius 3 is 2.51 bits per heavy atom. The molecule has 0 saturated heterocycles. The number of nitrogens with zero attached hydrogens (tertiary/aromatic N) is 2. The second-order valence-electron chi connectivity index (χ2n) is 11.4. The van der Waals surface area contributed by atoms with E-state index in [4.69, 9.17) is 0 Å². The molecule has 0 aliphatic heterocycles. The minimum atomic E-state index is -2.65. The highest BCUT2D eigenvalue weighted by Gasteiger charge is 2.67. The zero-order valence-electron chi connectivity index (χ0n) is 23.4. The number of benzene rings is 1. The lowest BCUT2D eigenvalue weighted by Crippen LogP contribution is -2.68. The van der Waals surface area contributed by atoms with Crippen LogP contribution >= 0.6 is 0 Å². The quantitative estimate of drug-likeness (QED) is 0.271. The van der Waals surface area contributed by atoms with Gasteiger partial charge in [0.25, 0.3) is 0 Å². The number of nitrogens with one attached hydrogen (secondary N) is 2. The molecule has 11 nitrogen and oxygen atoms in total. The number of phenolic OH excluding ortho intramolecular Hbond substituents is 1. The molecule has 0 radical (unpaired) electrons. The SMILES string of the molecule is CNCc1ccc(O)c2c1C[C@@]1(CNc3cccnc3)C[C@H]3[C@H](N(C)C)C(=O)C(C(C)=O)=C(O)[C@@]3(O)C(=O)C1=C2O. The summed E-state index contributed by atoms with van der Waals surface area (Å²) < 4.78 is 0. The van der Waals surface area contributed by atoms with Crippen molar-refractivity contribution in [2.75, 3.05) is 33.0 Å². The Hall–Kier alpha value is -4.06. The number of hydrogen-bond donors (Lipinski definition) is 6. The van der Waals surface area contributed by atoms with Crippen molar-refractivity contribution in [2.45, 2.75) is 38.0 Å². The van der Waals surface area contributed by atoms with Crippen LogP contribution in [0.1, 0.15) is 30.0 Å². The molecule has 2 aromatic rings. The number of aliphatic hydroxyl groups is 3. The molecule has 5 rings (SSSR count). The van der Waals surface area contributed by atoms with Crippen molar-refractivity contribution in [3.63, 3.8) is 0 Å². The number of anilines is 1. The van der Waals surface area contributed by atoms with E-state index in [1.54, 1.807) is 51.7 Å². The second kappa shape index (κ2) is 10.1.